The number of nitrogens with one attached hydrogen (secondary N) is 1. The second kappa shape index (κ2) is 8.38. The molecular weight excluding hydrogens is 356 g/mol. The number of nitrogens with zero attached hydrogens (tertiary/aromatic N) is 3. The first-order valence-electron chi connectivity index (χ1n) is 9.83. The zero-order chi connectivity index (χ0) is 19.4. The summed E-state index contributed by atoms with van der Waals surface area (Å²) < 4.78 is 4.47. The van der Waals surface area contributed by atoms with Gasteiger partial charge in [-0.3, -0.25) is 4.79 Å². The van der Waals surface area contributed by atoms with Crippen LogP contribution in [0.5, 0.6) is 0 Å². The Morgan fingerprint density at radius 3 is 2.48 bits per heavy atom. The molecule has 1 aliphatic heterocycles. The lowest BCUT2D eigenvalue weighted by molar-refractivity contribution is -0.133. The maximum absolute atomic E-state index is 13.0. The molecule has 0 radical (unpaired) electrons. The van der Waals surface area contributed by atoms with E-state index >= 15 is 0 Å². The minimum atomic E-state index is -0.0341. The van der Waals surface area contributed by atoms with Gasteiger partial charge in [0.15, 0.2) is 0 Å². The Balaban J connectivity index is 1.55. The van der Waals surface area contributed by atoms with Crippen molar-refractivity contribution in [1.82, 2.24) is 14.3 Å². The molecule has 1 saturated heterocycles. The largest absolute Gasteiger partial charge is 0.357 e. The fourth-order valence-electron chi connectivity index (χ4n) is 3.46. The van der Waals surface area contributed by atoms with Gasteiger partial charge in [0, 0.05) is 36.1 Å². The number of hydrogen-bond donors (Lipinski definition) is 1. The van der Waals surface area contributed by atoms with Crippen molar-refractivity contribution in [3.05, 3.63) is 41.7 Å². The van der Waals surface area contributed by atoms with Crippen LogP contribution in [0.4, 0.5) is 5.13 Å². The number of aromatic nitrogens is 2. The standard InChI is InChI=1S/C21H30N4OS/c1-5-17(15-9-7-6-8-10-15)18(26)25-13-11-16(12-14-25)22-20-23-19(24-27-20)21(2,3)4/h6-10,16-17H,5,11-14H2,1-4H3,(H,22,23,24). The topological polar surface area (TPSA) is 58.1 Å². The van der Waals surface area contributed by atoms with Crippen molar-refractivity contribution in [2.24, 2.45) is 0 Å². The molecule has 0 saturated carbocycles. The summed E-state index contributed by atoms with van der Waals surface area (Å²) in [6.45, 7) is 10.1. The van der Waals surface area contributed by atoms with Crippen LogP contribution < -0.4 is 5.32 Å². The zero-order valence-corrected chi connectivity index (χ0v) is 17.6. The molecule has 0 spiro atoms. The van der Waals surface area contributed by atoms with Crippen LogP contribution in [0, 0.1) is 0 Å². The molecule has 0 bridgehead atoms. The van der Waals surface area contributed by atoms with Gasteiger partial charge in [0.2, 0.25) is 11.0 Å². The first kappa shape index (κ1) is 19.8. The molecule has 1 atom stereocenters. The second-order valence-electron chi connectivity index (χ2n) is 8.29. The van der Waals surface area contributed by atoms with Gasteiger partial charge in [-0.05, 0) is 24.8 Å². The average Bonchev–Trinajstić information content (AvgIpc) is 3.13. The van der Waals surface area contributed by atoms with Crippen molar-refractivity contribution in [3.63, 3.8) is 0 Å². The molecule has 1 N–H and O–H groups in total. The summed E-state index contributed by atoms with van der Waals surface area (Å²) in [5.41, 5.74) is 1.09. The predicted octanol–water partition coefficient (Wildman–Crippen LogP) is 4.43. The molecule has 146 valence electrons. The maximum Gasteiger partial charge on any atom is 0.230 e. The van der Waals surface area contributed by atoms with Crippen molar-refractivity contribution < 1.29 is 4.79 Å². The number of anilines is 1. The molecule has 2 aromatic rings. The first-order chi connectivity index (χ1) is 12.9. The van der Waals surface area contributed by atoms with E-state index in [1.165, 1.54) is 11.5 Å². The Morgan fingerprint density at radius 1 is 1.26 bits per heavy atom. The zero-order valence-electron chi connectivity index (χ0n) is 16.7. The maximum atomic E-state index is 13.0. The van der Waals surface area contributed by atoms with Gasteiger partial charge in [-0.25, -0.2) is 4.98 Å². The lowest BCUT2D eigenvalue weighted by atomic mass is 9.93. The summed E-state index contributed by atoms with van der Waals surface area (Å²) in [6.07, 6.45) is 2.73. The van der Waals surface area contributed by atoms with Crippen LogP contribution >= 0.6 is 11.5 Å². The number of carbonyl (C=O) groups excluding carboxylic acids is 1. The number of piperidine rings is 1. The van der Waals surface area contributed by atoms with E-state index in [4.69, 9.17) is 0 Å². The van der Waals surface area contributed by atoms with Crippen LogP contribution in [0.3, 0.4) is 0 Å². The molecule has 27 heavy (non-hydrogen) atoms. The molecule has 1 fully saturated rings. The summed E-state index contributed by atoms with van der Waals surface area (Å²) in [5, 5.41) is 4.40. The van der Waals surface area contributed by atoms with E-state index in [-0.39, 0.29) is 17.2 Å². The second-order valence-corrected chi connectivity index (χ2v) is 9.04. The van der Waals surface area contributed by atoms with E-state index < -0.39 is 0 Å². The Bertz CT molecular complexity index is 745. The number of carbonyl (C=O) groups is 1. The van der Waals surface area contributed by atoms with Crippen LogP contribution in [0.25, 0.3) is 0 Å². The Labute approximate surface area is 166 Å². The molecule has 3 rings (SSSR count). The Kier molecular flexibility index (Phi) is 6.15. The van der Waals surface area contributed by atoms with Gasteiger partial charge in [0.1, 0.15) is 5.82 Å². The molecule has 0 aliphatic carbocycles. The fourth-order valence-corrected chi connectivity index (χ4v) is 4.30. The SMILES string of the molecule is CCC(C(=O)N1CCC(Nc2nc(C(C)(C)C)ns2)CC1)c1ccccc1. The lowest BCUT2D eigenvalue weighted by Crippen LogP contribution is -2.44. The van der Waals surface area contributed by atoms with Gasteiger partial charge >= 0.3 is 0 Å². The highest BCUT2D eigenvalue weighted by molar-refractivity contribution is 7.09. The van der Waals surface area contributed by atoms with E-state index in [9.17, 15) is 4.79 Å². The molecule has 1 amide bonds. The molecule has 1 unspecified atom stereocenters. The third kappa shape index (κ3) is 4.86. The van der Waals surface area contributed by atoms with Crippen molar-refractivity contribution in [3.8, 4) is 0 Å². The summed E-state index contributed by atoms with van der Waals surface area (Å²) >= 11 is 1.43. The third-order valence-electron chi connectivity index (χ3n) is 5.14. The van der Waals surface area contributed by atoms with Crippen LogP contribution in [0.2, 0.25) is 0 Å². The van der Waals surface area contributed by atoms with Crippen molar-refractivity contribution in [2.45, 2.75) is 64.3 Å². The van der Waals surface area contributed by atoms with Crippen molar-refractivity contribution in [1.29, 1.82) is 0 Å². The number of rotatable bonds is 5. The quantitative estimate of drug-likeness (QED) is 0.826. The average molecular weight is 387 g/mol. The summed E-state index contributed by atoms with van der Waals surface area (Å²) in [4.78, 5) is 19.6. The summed E-state index contributed by atoms with van der Waals surface area (Å²) in [5.74, 6) is 1.11. The monoisotopic (exact) mass is 386 g/mol. The predicted molar refractivity (Wildman–Crippen MR) is 111 cm³/mol. The van der Waals surface area contributed by atoms with Gasteiger partial charge in [-0.1, -0.05) is 58.0 Å². The lowest BCUT2D eigenvalue weighted by Gasteiger charge is -2.34. The van der Waals surface area contributed by atoms with Gasteiger partial charge in [-0.15, -0.1) is 0 Å². The molecule has 6 heteroatoms. The number of amides is 1. The third-order valence-corrected chi connectivity index (χ3v) is 5.79. The number of hydrogen-bond acceptors (Lipinski definition) is 5. The minimum absolute atomic E-state index is 0.0290. The van der Waals surface area contributed by atoms with Gasteiger partial charge in [-0.2, -0.15) is 4.37 Å². The van der Waals surface area contributed by atoms with Crippen molar-refractivity contribution >= 4 is 22.6 Å². The van der Waals surface area contributed by atoms with E-state index in [0.29, 0.717) is 6.04 Å². The molecule has 1 aliphatic rings. The smallest absolute Gasteiger partial charge is 0.230 e. The van der Waals surface area contributed by atoms with E-state index in [2.05, 4.69) is 54.5 Å². The highest BCUT2D eigenvalue weighted by Crippen LogP contribution is 2.27. The van der Waals surface area contributed by atoms with Crippen LogP contribution in [0.15, 0.2) is 30.3 Å². The summed E-state index contributed by atoms with van der Waals surface area (Å²) in [6, 6.07) is 10.5. The van der Waals surface area contributed by atoms with Crippen molar-refractivity contribution in [2.75, 3.05) is 18.4 Å². The van der Waals surface area contributed by atoms with E-state index in [0.717, 1.165) is 48.9 Å². The Hall–Kier alpha value is -1.95. The van der Waals surface area contributed by atoms with Gasteiger partial charge < -0.3 is 10.2 Å². The van der Waals surface area contributed by atoms with Gasteiger partial charge in [0.05, 0.1) is 5.92 Å². The first-order valence-corrected chi connectivity index (χ1v) is 10.6. The van der Waals surface area contributed by atoms with Gasteiger partial charge in [0.25, 0.3) is 0 Å². The molecule has 1 aromatic heterocycles. The highest BCUT2D eigenvalue weighted by Gasteiger charge is 2.29. The van der Waals surface area contributed by atoms with Crippen LogP contribution in [-0.2, 0) is 10.2 Å². The fraction of sp³-hybridized carbons (Fsp3) is 0.571. The molecule has 1 aromatic carbocycles. The van der Waals surface area contributed by atoms with E-state index in [1.54, 1.807) is 0 Å². The number of benzene rings is 1. The number of likely N-dealkylation sites (tertiary alicyclic amines) is 1. The highest BCUT2D eigenvalue weighted by atomic mass is 32.1. The van der Waals surface area contributed by atoms with Crippen LogP contribution in [-0.4, -0.2) is 39.3 Å². The Morgan fingerprint density at radius 2 is 1.93 bits per heavy atom. The normalized spacial score (nSPS) is 17.0. The van der Waals surface area contributed by atoms with Crippen LogP contribution in [0.1, 0.15) is 64.3 Å². The summed E-state index contributed by atoms with van der Waals surface area (Å²) in [7, 11) is 0. The molecule has 2 heterocycles. The minimum Gasteiger partial charge on any atom is -0.357 e. The molecule has 5 nitrogen and oxygen atoms in total. The van der Waals surface area contributed by atoms with E-state index in [1.807, 2.05) is 23.1 Å². The molecular formula is C21H30N4OS.